The van der Waals surface area contributed by atoms with E-state index in [9.17, 15) is 13.5 Å². The lowest BCUT2D eigenvalue weighted by Gasteiger charge is -2.23. The molecule has 0 bridgehead atoms. The van der Waals surface area contributed by atoms with E-state index in [2.05, 4.69) is 0 Å². The fourth-order valence-electron chi connectivity index (χ4n) is 1.73. The van der Waals surface area contributed by atoms with Crippen LogP contribution in [0.1, 0.15) is 18.2 Å². The summed E-state index contributed by atoms with van der Waals surface area (Å²) in [6, 6.07) is 1.57. The van der Waals surface area contributed by atoms with Crippen LogP contribution in [0.4, 0.5) is 0 Å². The van der Waals surface area contributed by atoms with Gasteiger partial charge in [0.25, 0.3) is 0 Å². The maximum atomic E-state index is 12.6. The molecule has 7 heteroatoms. The van der Waals surface area contributed by atoms with E-state index < -0.39 is 10.0 Å². The van der Waals surface area contributed by atoms with Crippen LogP contribution in [0.3, 0.4) is 0 Å². The maximum Gasteiger partial charge on any atom is 0.244 e. The van der Waals surface area contributed by atoms with Gasteiger partial charge in [0, 0.05) is 24.5 Å². The Kier molecular flexibility index (Phi) is 6.41. The highest BCUT2D eigenvalue weighted by Gasteiger charge is 2.26. The molecule has 0 unspecified atom stereocenters. The van der Waals surface area contributed by atoms with Gasteiger partial charge in [-0.3, -0.25) is 0 Å². The molecule has 19 heavy (non-hydrogen) atoms. The Bertz CT molecular complexity index is 483. The molecule has 0 aliphatic heterocycles. The third kappa shape index (κ3) is 4.25. The second kappa shape index (κ2) is 7.35. The first-order chi connectivity index (χ1) is 8.93. The fraction of sp³-hybridized carbons (Fsp3) is 0.667. The van der Waals surface area contributed by atoms with E-state index in [1.165, 1.54) is 15.6 Å². The summed E-state index contributed by atoms with van der Waals surface area (Å²) in [5, 5.41) is 10.9. The number of hydrogen-bond donors (Lipinski definition) is 1. The first-order valence-corrected chi connectivity index (χ1v) is 8.57. The molecule has 1 heterocycles. The van der Waals surface area contributed by atoms with E-state index in [1.54, 1.807) is 11.4 Å². The molecule has 0 spiro atoms. The van der Waals surface area contributed by atoms with Crippen LogP contribution in [0.2, 0.25) is 0 Å². The summed E-state index contributed by atoms with van der Waals surface area (Å²) in [5.41, 5.74) is 0. The quantitative estimate of drug-likeness (QED) is 0.784. The molecule has 110 valence electrons. The van der Waals surface area contributed by atoms with Crippen molar-refractivity contribution in [1.82, 2.24) is 9.21 Å². The van der Waals surface area contributed by atoms with Gasteiger partial charge in [-0.15, -0.1) is 11.3 Å². The van der Waals surface area contributed by atoms with Crippen molar-refractivity contribution in [3.05, 3.63) is 16.3 Å². The molecule has 0 aliphatic rings. The summed E-state index contributed by atoms with van der Waals surface area (Å²) < 4.78 is 26.7. The van der Waals surface area contributed by atoms with Crippen LogP contribution < -0.4 is 0 Å². The second-order valence-corrected chi connectivity index (χ2v) is 7.48. The minimum absolute atomic E-state index is 0.236. The first kappa shape index (κ1) is 16.6. The molecule has 0 saturated carbocycles. The number of rotatable bonds is 8. The van der Waals surface area contributed by atoms with E-state index in [-0.39, 0.29) is 11.5 Å². The second-order valence-electron chi connectivity index (χ2n) is 4.57. The highest BCUT2D eigenvalue weighted by atomic mass is 32.2. The van der Waals surface area contributed by atoms with Crippen LogP contribution >= 0.6 is 11.3 Å². The minimum atomic E-state index is -3.50. The zero-order valence-electron chi connectivity index (χ0n) is 11.7. The van der Waals surface area contributed by atoms with Crippen LogP contribution in [-0.2, 0) is 16.6 Å². The van der Waals surface area contributed by atoms with E-state index in [1.807, 2.05) is 25.9 Å². The molecule has 0 aliphatic carbocycles. The number of aliphatic hydroxyl groups excluding tert-OH is 1. The Hall–Kier alpha value is -0.470. The van der Waals surface area contributed by atoms with Gasteiger partial charge in [-0.25, -0.2) is 8.42 Å². The Balaban J connectivity index is 2.99. The van der Waals surface area contributed by atoms with Crippen LogP contribution in [0.15, 0.2) is 16.3 Å². The molecule has 5 nitrogen and oxygen atoms in total. The van der Waals surface area contributed by atoms with Gasteiger partial charge in [0.2, 0.25) is 10.0 Å². The van der Waals surface area contributed by atoms with Crippen molar-refractivity contribution >= 4 is 21.4 Å². The molecule has 0 atom stereocenters. The smallest absolute Gasteiger partial charge is 0.244 e. The highest BCUT2D eigenvalue weighted by Crippen LogP contribution is 2.25. The molecule has 1 aromatic heterocycles. The fourth-order valence-corrected chi connectivity index (χ4v) is 4.52. The van der Waals surface area contributed by atoms with Gasteiger partial charge in [0.1, 0.15) is 0 Å². The summed E-state index contributed by atoms with van der Waals surface area (Å²) in [6.45, 7) is 3.36. The van der Waals surface area contributed by atoms with Crippen molar-refractivity contribution in [2.24, 2.45) is 0 Å². The minimum Gasteiger partial charge on any atom is -0.391 e. The summed E-state index contributed by atoms with van der Waals surface area (Å²) in [7, 11) is 0.333. The Labute approximate surface area is 119 Å². The zero-order chi connectivity index (χ0) is 14.5. The Morgan fingerprint density at radius 1 is 1.26 bits per heavy atom. The van der Waals surface area contributed by atoms with E-state index in [0.29, 0.717) is 24.5 Å². The van der Waals surface area contributed by atoms with E-state index >= 15 is 0 Å². The van der Waals surface area contributed by atoms with Gasteiger partial charge in [0.15, 0.2) is 0 Å². The number of nitrogens with zero attached hydrogens (tertiary/aromatic N) is 2. The van der Waals surface area contributed by atoms with Crippen LogP contribution in [-0.4, -0.2) is 56.5 Å². The standard InChI is InChI=1S/C12H22N2O3S2/c1-4-6-14(8-7-13(2)3)19(16,17)12-5-9-18-11(12)10-15/h5,9,15H,4,6-8,10H2,1-3H3. The van der Waals surface area contributed by atoms with E-state index in [4.69, 9.17) is 0 Å². The molecule has 1 aromatic rings. The molecule has 1 rings (SSSR count). The average Bonchev–Trinajstić information content (AvgIpc) is 2.82. The number of thiophene rings is 1. The van der Waals surface area contributed by atoms with Gasteiger partial charge < -0.3 is 10.0 Å². The molecule has 0 fully saturated rings. The van der Waals surface area contributed by atoms with Crippen molar-refractivity contribution in [3.63, 3.8) is 0 Å². The van der Waals surface area contributed by atoms with Crippen LogP contribution in [0.5, 0.6) is 0 Å². The summed E-state index contributed by atoms with van der Waals surface area (Å²) in [6.07, 6.45) is 0.769. The lowest BCUT2D eigenvalue weighted by Crippen LogP contribution is -2.37. The van der Waals surface area contributed by atoms with Gasteiger partial charge in [-0.2, -0.15) is 4.31 Å². The van der Waals surface area contributed by atoms with E-state index in [0.717, 1.165) is 6.42 Å². The average molecular weight is 306 g/mol. The molecule has 0 radical (unpaired) electrons. The third-order valence-electron chi connectivity index (χ3n) is 2.74. The third-order valence-corrected chi connectivity index (χ3v) is 5.75. The topological polar surface area (TPSA) is 60.9 Å². The predicted molar refractivity (Wildman–Crippen MR) is 77.8 cm³/mol. The van der Waals surface area contributed by atoms with Crippen molar-refractivity contribution in [2.45, 2.75) is 24.8 Å². The van der Waals surface area contributed by atoms with Crippen LogP contribution in [0.25, 0.3) is 0 Å². The van der Waals surface area contributed by atoms with Gasteiger partial charge >= 0.3 is 0 Å². The van der Waals surface area contributed by atoms with Crippen LogP contribution in [0, 0.1) is 0 Å². The molecular formula is C12H22N2O3S2. The normalized spacial score (nSPS) is 12.5. The Morgan fingerprint density at radius 3 is 2.47 bits per heavy atom. The molecular weight excluding hydrogens is 284 g/mol. The maximum absolute atomic E-state index is 12.6. The first-order valence-electron chi connectivity index (χ1n) is 6.25. The molecule has 0 saturated heterocycles. The van der Waals surface area contributed by atoms with Crippen molar-refractivity contribution in [2.75, 3.05) is 33.7 Å². The number of likely N-dealkylation sites (N-methyl/N-ethyl adjacent to an activating group) is 1. The lowest BCUT2D eigenvalue weighted by molar-refractivity contribution is 0.281. The zero-order valence-corrected chi connectivity index (χ0v) is 13.3. The van der Waals surface area contributed by atoms with Gasteiger partial charge in [-0.05, 0) is 32.0 Å². The summed E-state index contributed by atoms with van der Waals surface area (Å²) in [5.74, 6) is 0. The summed E-state index contributed by atoms with van der Waals surface area (Å²) >= 11 is 1.27. The van der Waals surface area contributed by atoms with Gasteiger partial charge in [-0.1, -0.05) is 6.92 Å². The summed E-state index contributed by atoms with van der Waals surface area (Å²) in [4.78, 5) is 2.71. The SMILES string of the molecule is CCCN(CCN(C)C)S(=O)(=O)c1ccsc1CO. The Morgan fingerprint density at radius 2 is 1.95 bits per heavy atom. The van der Waals surface area contributed by atoms with Crippen molar-refractivity contribution in [3.8, 4) is 0 Å². The monoisotopic (exact) mass is 306 g/mol. The molecule has 0 aromatic carbocycles. The lowest BCUT2D eigenvalue weighted by atomic mass is 10.4. The largest absolute Gasteiger partial charge is 0.391 e. The number of aliphatic hydroxyl groups is 1. The van der Waals surface area contributed by atoms with Crippen molar-refractivity contribution in [1.29, 1.82) is 0 Å². The van der Waals surface area contributed by atoms with Crippen molar-refractivity contribution < 1.29 is 13.5 Å². The van der Waals surface area contributed by atoms with Gasteiger partial charge in [0.05, 0.1) is 11.5 Å². The molecule has 1 N–H and O–H groups in total. The number of hydrogen-bond acceptors (Lipinski definition) is 5. The highest BCUT2D eigenvalue weighted by molar-refractivity contribution is 7.89. The molecule has 0 amide bonds. The number of sulfonamides is 1. The predicted octanol–water partition coefficient (Wildman–Crippen LogP) is 1.20.